The van der Waals surface area contributed by atoms with Gasteiger partial charge in [-0.2, -0.15) is 0 Å². The van der Waals surface area contributed by atoms with Crippen LogP contribution in [0, 0.1) is 12.8 Å². The summed E-state index contributed by atoms with van der Waals surface area (Å²) < 4.78 is 0. The van der Waals surface area contributed by atoms with Crippen molar-refractivity contribution in [3.05, 3.63) is 11.6 Å². The van der Waals surface area contributed by atoms with Gasteiger partial charge in [-0.3, -0.25) is 0 Å². The van der Waals surface area contributed by atoms with Crippen LogP contribution in [0.15, 0.2) is 11.6 Å². The topological polar surface area (TPSA) is 0 Å². The first kappa shape index (κ1) is 8.84. The summed E-state index contributed by atoms with van der Waals surface area (Å²) in [6.45, 7) is 3.28. The molecule has 5 heavy (non-hydrogen) atoms. The molecule has 0 aliphatic heterocycles. The number of rotatable bonds is 0. The maximum Gasteiger partial charge on any atom is -0.0261 e. The summed E-state index contributed by atoms with van der Waals surface area (Å²) in [7, 11) is 0. The predicted molar refractivity (Wildman–Crippen MR) is 29.0 cm³/mol. The van der Waals surface area contributed by atoms with E-state index >= 15 is 0 Å². The molecule has 0 saturated heterocycles. The van der Waals surface area contributed by atoms with Crippen LogP contribution >= 0.6 is 15.9 Å². The molecule has 0 spiro atoms. The van der Waals surface area contributed by atoms with E-state index in [1.165, 1.54) is 0 Å². The van der Waals surface area contributed by atoms with E-state index in [2.05, 4.69) is 35.4 Å². The van der Waals surface area contributed by atoms with Crippen LogP contribution in [0.4, 0.5) is 0 Å². The van der Waals surface area contributed by atoms with Gasteiger partial charge in [0.25, 0.3) is 0 Å². The Morgan fingerprint density at radius 3 is 1.60 bits per heavy atom. The Morgan fingerprint density at radius 2 is 1.60 bits per heavy atom. The van der Waals surface area contributed by atoms with Crippen molar-refractivity contribution in [2.75, 3.05) is 0 Å². The molecule has 0 heterocycles. The second-order valence-corrected chi connectivity index (χ2v) is 0.802. The molecule has 28 valence electrons. The zero-order chi connectivity index (χ0) is 4.71. The van der Waals surface area contributed by atoms with Gasteiger partial charge < -0.3 is 0 Å². The van der Waals surface area contributed by atoms with Gasteiger partial charge >= 0.3 is 0 Å². The Morgan fingerprint density at radius 1 is 1.60 bits per heavy atom. The van der Waals surface area contributed by atoms with Crippen molar-refractivity contribution in [1.82, 2.24) is 0 Å². The summed E-state index contributed by atoms with van der Waals surface area (Å²) in [5, 5.41) is 0. The first-order valence-electron chi connectivity index (χ1n) is 0.960. The van der Waals surface area contributed by atoms with Crippen molar-refractivity contribution in [3.8, 4) is 12.8 Å². The van der Waals surface area contributed by atoms with Crippen LogP contribution in [-0.4, -0.2) is 0 Å². The summed E-state index contributed by atoms with van der Waals surface area (Å²) in [5.41, 5.74) is 0. The van der Waals surface area contributed by atoms with Gasteiger partial charge in [-0.25, -0.2) is 0 Å². The molecule has 0 saturated carbocycles. The number of hydrogen-bond acceptors (Lipinski definition) is 0. The summed E-state index contributed by atoms with van der Waals surface area (Å²) in [4.78, 5) is 1.56. The Labute approximate surface area is 41.0 Å². The first-order valence-corrected chi connectivity index (χ1v) is 1.88. The molecular formula is C4H5Br. The van der Waals surface area contributed by atoms with Crippen molar-refractivity contribution in [1.29, 1.82) is 0 Å². The first-order chi connectivity index (χ1) is 2.41. The van der Waals surface area contributed by atoms with E-state index in [4.69, 9.17) is 0 Å². The molecule has 0 aliphatic carbocycles. The molecule has 0 unspecified atom stereocenters. The lowest BCUT2D eigenvalue weighted by atomic mass is 11.3. The third-order valence-corrected chi connectivity index (χ3v) is 0. The van der Waals surface area contributed by atoms with Crippen LogP contribution in [0.1, 0.15) is 0 Å². The number of terminal acetylenes is 1. The normalized spacial score (nSPS) is 3.00. The minimum atomic E-state index is 1.56. The summed E-state index contributed by atoms with van der Waals surface area (Å²) in [5.74, 6) is 0. The summed E-state index contributed by atoms with van der Waals surface area (Å²) >= 11 is 2.91. The maximum absolute atomic E-state index is 4.00. The molecule has 0 aliphatic rings. The van der Waals surface area contributed by atoms with E-state index in [9.17, 15) is 0 Å². The predicted octanol–water partition coefficient (Wildman–Crippen LogP) is 1.77. The molecule has 0 nitrogen and oxygen atoms in total. The van der Waals surface area contributed by atoms with E-state index < -0.39 is 0 Å². The molecule has 0 atom stereocenters. The van der Waals surface area contributed by atoms with Gasteiger partial charge in [0.15, 0.2) is 0 Å². The molecule has 1 heteroatoms. The van der Waals surface area contributed by atoms with Crippen LogP contribution in [0.3, 0.4) is 0 Å². The highest BCUT2D eigenvalue weighted by Crippen LogP contribution is 1.68. The van der Waals surface area contributed by atoms with Crippen molar-refractivity contribution >= 4 is 15.9 Å². The molecule has 0 aromatic heterocycles. The fourth-order valence-electron chi connectivity index (χ4n) is 0. The van der Waals surface area contributed by atoms with E-state index in [1.54, 1.807) is 4.99 Å². The van der Waals surface area contributed by atoms with Gasteiger partial charge in [0.05, 0.1) is 0 Å². The minimum Gasteiger partial charge on any atom is -0.124 e. The zero-order valence-electron chi connectivity index (χ0n) is 2.82. The van der Waals surface area contributed by atoms with Crippen molar-refractivity contribution in [2.24, 2.45) is 0 Å². The Hall–Kier alpha value is -0.220. The Bertz CT molecular complexity index is 27.9. The molecule has 0 radical (unpaired) electrons. The highest BCUT2D eigenvalue weighted by Gasteiger charge is 1.18. The lowest BCUT2D eigenvalue weighted by molar-refractivity contribution is 2.72. The molecule has 0 rings (SSSR count). The monoisotopic (exact) mass is 132 g/mol. The Balaban J connectivity index is 0. The average Bonchev–Trinajstić information content (AvgIpc) is 1.46. The molecule has 0 aromatic rings. The summed E-state index contributed by atoms with van der Waals surface area (Å²) in [6, 6.07) is 0. The average molecular weight is 133 g/mol. The SMILES string of the molecule is C#C.C=CBr. The second-order valence-electron chi connectivity index (χ2n) is 0.154. The van der Waals surface area contributed by atoms with Crippen LogP contribution in [0.5, 0.6) is 0 Å². The molecule has 0 aromatic carbocycles. The minimum absolute atomic E-state index is 1.56. The lowest BCUT2D eigenvalue weighted by Gasteiger charge is -1.27. The molecule has 0 N–H and O–H groups in total. The van der Waals surface area contributed by atoms with Gasteiger partial charge in [0.2, 0.25) is 0 Å². The third-order valence-electron chi connectivity index (χ3n) is 0. The van der Waals surface area contributed by atoms with E-state index in [0.717, 1.165) is 0 Å². The van der Waals surface area contributed by atoms with Crippen LogP contribution < -0.4 is 0 Å². The van der Waals surface area contributed by atoms with E-state index in [0.29, 0.717) is 0 Å². The second kappa shape index (κ2) is 48.0. The standard InChI is InChI=1S/C2H3Br.C2H2/c1-2-3;1-2/h2H,1H2;1-2H. The number of hydrogen-bond donors (Lipinski definition) is 0. The van der Waals surface area contributed by atoms with Crippen molar-refractivity contribution in [2.45, 2.75) is 0 Å². The molecular weight excluding hydrogens is 128 g/mol. The Kier molecular flexibility index (Phi) is 84.9. The maximum atomic E-state index is 4.00. The van der Waals surface area contributed by atoms with E-state index in [-0.39, 0.29) is 0 Å². The molecule has 0 fully saturated rings. The van der Waals surface area contributed by atoms with Crippen LogP contribution in [-0.2, 0) is 0 Å². The fourth-order valence-corrected chi connectivity index (χ4v) is 0. The van der Waals surface area contributed by atoms with E-state index in [1.807, 2.05) is 0 Å². The zero-order valence-corrected chi connectivity index (χ0v) is 4.40. The fraction of sp³-hybridized carbons (Fsp3) is 0. The van der Waals surface area contributed by atoms with Crippen molar-refractivity contribution < 1.29 is 0 Å². The molecule has 0 amide bonds. The van der Waals surface area contributed by atoms with Gasteiger partial charge in [-0.15, -0.1) is 12.8 Å². The summed E-state index contributed by atoms with van der Waals surface area (Å²) in [6.07, 6.45) is 8.00. The molecule has 0 bridgehead atoms. The van der Waals surface area contributed by atoms with Crippen molar-refractivity contribution in [3.63, 3.8) is 0 Å². The third kappa shape index (κ3) is 247. The van der Waals surface area contributed by atoms with Gasteiger partial charge in [-0.1, -0.05) is 22.5 Å². The largest absolute Gasteiger partial charge is 0.124 e. The van der Waals surface area contributed by atoms with Crippen LogP contribution in [0.2, 0.25) is 0 Å². The quantitative estimate of drug-likeness (QED) is 0.441. The number of halogens is 1. The van der Waals surface area contributed by atoms with Crippen LogP contribution in [0.25, 0.3) is 0 Å². The highest BCUT2D eigenvalue weighted by atomic mass is 79.9. The highest BCUT2D eigenvalue weighted by molar-refractivity contribution is 9.11. The van der Waals surface area contributed by atoms with Gasteiger partial charge in [0.1, 0.15) is 0 Å². The smallest absolute Gasteiger partial charge is 0.0261 e. The lowest BCUT2D eigenvalue weighted by Crippen LogP contribution is -0.895. The van der Waals surface area contributed by atoms with Gasteiger partial charge in [-0.05, 0) is 4.99 Å². The van der Waals surface area contributed by atoms with Gasteiger partial charge in [0, 0.05) is 0 Å².